The number of rotatable bonds is 4. The van der Waals surface area contributed by atoms with E-state index in [1.807, 2.05) is 24.3 Å². The molecule has 3 fully saturated rings. The summed E-state index contributed by atoms with van der Waals surface area (Å²) in [5.41, 5.74) is 0.120. The van der Waals surface area contributed by atoms with E-state index in [1.54, 1.807) is 14.2 Å². The first-order chi connectivity index (χ1) is 15.0. The monoisotopic (exact) mass is 455 g/mol. The van der Waals surface area contributed by atoms with Crippen molar-refractivity contribution in [2.24, 2.45) is 11.3 Å². The zero-order chi connectivity index (χ0) is 21.9. The SMILES string of the molecule is CN1CCC2CC=C(OP3(=O)OCC4(CCC4)CO3)CC21.COc1ccccc1OC.[HH].[HH]. The maximum Gasteiger partial charge on any atom is 0.529 e. The predicted octanol–water partition coefficient (Wildman–Crippen LogP) is 5.52. The highest BCUT2D eigenvalue weighted by molar-refractivity contribution is 7.48. The van der Waals surface area contributed by atoms with Crippen LogP contribution in [0.5, 0.6) is 11.5 Å². The van der Waals surface area contributed by atoms with Gasteiger partial charge in [0.15, 0.2) is 11.5 Å². The van der Waals surface area contributed by atoms with Gasteiger partial charge in [-0.3, -0.25) is 9.05 Å². The molecule has 4 aliphatic rings. The first kappa shape index (κ1) is 22.7. The van der Waals surface area contributed by atoms with E-state index < -0.39 is 7.82 Å². The fourth-order valence-electron chi connectivity index (χ4n) is 4.79. The summed E-state index contributed by atoms with van der Waals surface area (Å²) in [7, 11) is 2.02. The number of hydrogen-bond donors (Lipinski definition) is 0. The minimum atomic E-state index is -3.38. The van der Waals surface area contributed by atoms with Crippen molar-refractivity contribution >= 4 is 7.82 Å². The predicted molar refractivity (Wildman–Crippen MR) is 122 cm³/mol. The van der Waals surface area contributed by atoms with Crippen LogP contribution in [0.15, 0.2) is 36.1 Å². The number of methoxy groups -OCH3 is 2. The Kier molecular flexibility index (Phi) is 6.97. The Morgan fingerprint density at radius 2 is 1.77 bits per heavy atom. The van der Waals surface area contributed by atoms with Crippen molar-refractivity contribution in [2.45, 2.75) is 44.6 Å². The number of fused-ring (bicyclic) bond motifs is 1. The van der Waals surface area contributed by atoms with E-state index in [-0.39, 0.29) is 8.27 Å². The van der Waals surface area contributed by atoms with Crippen LogP contribution in [0.3, 0.4) is 0 Å². The second kappa shape index (κ2) is 9.53. The zero-order valence-electron chi connectivity index (χ0n) is 18.7. The number of para-hydroxylation sites is 2. The number of nitrogens with zero attached hydrogens (tertiary/aromatic N) is 1. The van der Waals surface area contributed by atoms with Gasteiger partial charge in [0.1, 0.15) is 5.76 Å². The smallest absolute Gasteiger partial charge is 0.493 e. The summed E-state index contributed by atoms with van der Waals surface area (Å²) in [6.45, 7) is 2.18. The molecule has 2 heterocycles. The maximum atomic E-state index is 12.6. The molecule has 176 valence electrons. The Morgan fingerprint density at radius 1 is 1.13 bits per heavy atom. The first-order valence-corrected chi connectivity index (χ1v) is 12.6. The second-order valence-corrected chi connectivity index (χ2v) is 10.6. The summed E-state index contributed by atoms with van der Waals surface area (Å²) in [4.78, 5) is 2.38. The lowest BCUT2D eigenvalue weighted by Crippen LogP contribution is -2.41. The van der Waals surface area contributed by atoms with Gasteiger partial charge in [-0.15, -0.1) is 0 Å². The number of hydrogen-bond acceptors (Lipinski definition) is 7. The summed E-state index contributed by atoms with van der Waals surface area (Å²) in [5, 5.41) is 0. The number of phosphoric acid groups is 1. The molecule has 1 saturated carbocycles. The van der Waals surface area contributed by atoms with Crippen molar-refractivity contribution < 1.29 is 30.5 Å². The highest BCUT2D eigenvalue weighted by atomic mass is 31.2. The molecule has 0 N–H and O–H groups in total. The minimum absolute atomic E-state index is 0. The molecule has 0 radical (unpaired) electrons. The van der Waals surface area contributed by atoms with Crippen molar-refractivity contribution in [1.82, 2.24) is 4.90 Å². The molecule has 1 spiro atoms. The highest BCUT2D eigenvalue weighted by Crippen LogP contribution is 2.60. The molecule has 2 aliphatic heterocycles. The van der Waals surface area contributed by atoms with Gasteiger partial charge >= 0.3 is 7.82 Å². The van der Waals surface area contributed by atoms with Crippen LogP contribution in [-0.4, -0.2) is 52.0 Å². The van der Waals surface area contributed by atoms with Gasteiger partial charge in [-0.25, -0.2) is 4.57 Å². The van der Waals surface area contributed by atoms with Crippen LogP contribution in [0, 0.1) is 11.3 Å². The molecule has 2 unspecified atom stereocenters. The number of benzene rings is 1. The van der Waals surface area contributed by atoms with Gasteiger partial charge < -0.3 is 18.9 Å². The van der Waals surface area contributed by atoms with E-state index in [1.165, 1.54) is 12.8 Å². The summed E-state index contributed by atoms with van der Waals surface area (Å²) in [6.07, 6.45) is 8.61. The van der Waals surface area contributed by atoms with E-state index in [0.29, 0.717) is 19.3 Å². The quantitative estimate of drug-likeness (QED) is 0.554. The average molecular weight is 456 g/mol. The van der Waals surface area contributed by atoms with E-state index in [4.69, 9.17) is 23.0 Å². The number of ether oxygens (including phenoxy) is 2. The molecule has 31 heavy (non-hydrogen) atoms. The van der Waals surface area contributed by atoms with E-state index in [0.717, 1.165) is 55.4 Å². The minimum Gasteiger partial charge on any atom is -0.493 e. The van der Waals surface area contributed by atoms with Gasteiger partial charge in [0.05, 0.1) is 27.4 Å². The molecular weight excluding hydrogens is 417 g/mol. The topological polar surface area (TPSA) is 66.5 Å². The fraction of sp³-hybridized carbons (Fsp3) is 0.652. The van der Waals surface area contributed by atoms with Crippen molar-refractivity contribution in [2.75, 3.05) is 41.0 Å². The van der Waals surface area contributed by atoms with Crippen molar-refractivity contribution in [1.29, 1.82) is 0 Å². The lowest BCUT2D eigenvalue weighted by Gasteiger charge is -2.45. The normalized spacial score (nSPS) is 28.4. The third-order valence-electron chi connectivity index (χ3n) is 7.01. The summed E-state index contributed by atoms with van der Waals surface area (Å²) in [6, 6.07) is 8.04. The third kappa shape index (κ3) is 5.11. The lowest BCUT2D eigenvalue weighted by atomic mass is 9.70. The maximum absolute atomic E-state index is 12.6. The standard InChI is InChI=1S/C15H24NO4P.C8H10O2.2H2/c1-16-8-5-12-3-4-13(9-14(12)16)20-21(17)18-10-15(11-19-21)6-2-7-15;1-9-7-5-3-4-6-8(7)10-2;;/h4,12,14H,2-3,5-11H2,1H3;3-6H,1-2H3;2*1H. The van der Waals surface area contributed by atoms with Gasteiger partial charge in [0.2, 0.25) is 0 Å². The van der Waals surface area contributed by atoms with Crippen molar-refractivity contribution in [3.8, 4) is 11.5 Å². The van der Waals surface area contributed by atoms with Gasteiger partial charge in [-0.05, 0) is 63.4 Å². The van der Waals surface area contributed by atoms with E-state index in [9.17, 15) is 4.57 Å². The average Bonchev–Trinajstić information content (AvgIpc) is 3.13. The molecule has 0 amide bonds. The Morgan fingerprint density at radius 3 is 2.32 bits per heavy atom. The molecule has 2 aliphatic carbocycles. The molecule has 5 rings (SSSR count). The van der Waals surface area contributed by atoms with Crippen LogP contribution in [0.25, 0.3) is 0 Å². The summed E-state index contributed by atoms with van der Waals surface area (Å²) < 4.78 is 39.3. The highest BCUT2D eigenvalue weighted by Gasteiger charge is 2.48. The molecule has 0 bridgehead atoms. The Labute approximate surface area is 188 Å². The summed E-state index contributed by atoms with van der Waals surface area (Å²) in [5.74, 6) is 3.04. The van der Waals surface area contributed by atoms with E-state index >= 15 is 0 Å². The van der Waals surface area contributed by atoms with Gasteiger partial charge in [-0.2, -0.15) is 0 Å². The van der Waals surface area contributed by atoms with Crippen LogP contribution in [0.1, 0.15) is 41.4 Å². The molecule has 2 atom stereocenters. The molecule has 0 aromatic heterocycles. The van der Waals surface area contributed by atoms with Crippen LogP contribution >= 0.6 is 7.82 Å². The number of likely N-dealkylation sites (tertiary alicyclic amines) is 1. The fourth-order valence-corrected chi connectivity index (χ4v) is 6.27. The van der Waals surface area contributed by atoms with Crippen molar-refractivity contribution in [3.05, 3.63) is 36.1 Å². The first-order valence-electron chi connectivity index (χ1n) is 11.1. The van der Waals surface area contributed by atoms with Gasteiger partial charge in [0.25, 0.3) is 0 Å². The van der Waals surface area contributed by atoms with Crippen LogP contribution < -0.4 is 9.47 Å². The zero-order valence-corrected chi connectivity index (χ0v) is 19.6. The molecule has 7 nitrogen and oxygen atoms in total. The van der Waals surface area contributed by atoms with Gasteiger partial charge in [-0.1, -0.05) is 18.6 Å². The third-order valence-corrected chi connectivity index (χ3v) is 8.36. The molecule has 8 heteroatoms. The number of allylic oxidation sites excluding steroid dienone is 1. The van der Waals surface area contributed by atoms with Crippen LogP contribution in [-0.2, 0) is 18.1 Å². The van der Waals surface area contributed by atoms with E-state index in [2.05, 4.69) is 18.0 Å². The molecule has 2 saturated heterocycles. The molecule has 1 aromatic carbocycles. The summed E-state index contributed by atoms with van der Waals surface area (Å²) >= 11 is 0. The lowest BCUT2D eigenvalue weighted by molar-refractivity contribution is -0.0550. The number of phosphoric ester groups is 1. The van der Waals surface area contributed by atoms with Crippen LogP contribution in [0.4, 0.5) is 0 Å². The second-order valence-electron chi connectivity index (χ2n) is 9.00. The molecular formula is C23H38NO6P. The Hall–Kier alpha value is -1.53. The largest absolute Gasteiger partial charge is 0.529 e. The molecule has 1 aromatic rings. The van der Waals surface area contributed by atoms with Gasteiger partial charge in [0, 0.05) is 20.7 Å². The van der Waals surface area contributed by atoms with Crippen molar-refractivity contribution in [3.63, 3.8) is 0 Å². The Bertz CT molecular complexity index is 813. The Balaban J connectivity index is 0.000000276. The van der Waals surface area contributed by atoms with Crippen LogP contribution in [0.2, 0.25) is 0 Å².